The molecule has 26 heavy (non-hydrogen) atoms. The number of hydrogen-bond donors (Lipinski definition) is 0. The molecule has 2 heterocycles. The summed E-state index contributed by atoms with van der Waals surface area (Å²) in [6.45, 7) is 2.80. The van der Waals surface area contributed by atoms with Crippen LogP contribution < -0.4 is 0 Å². The Morgan fingerprint density at radius 1 is 1.15 bits per heavy atom. The highest BCUT2D eigenvalue weighted by atomic mass is 19.1. The Morgan fingerprint density at radius 2 is 2.00 bits per heavy atom. The molecule has 134 valence electrons. The fourth-order valence-corrected chi connectivity index (χ4v) is 3.79. The molecule has 0 saturated carbocycles. The molecule has 4 nitrogen and oxygen atoms in total. The van der Waals surface area contributed by atoms with Gasteiger partial charge in [0.1, 0.15) is 5.82 Å². The van der Waals surface area contributed by atoms with Crippen molar-refractivity contribution in [2.75, 3.05) is 26.8 Å². The molecule has 4 rings (SSSR count). The Bertz CT molecular complexity index is 908. The molecule has 1 fully saturated rings. The molecule has 1 aromatic heterocycles. The van der Waals surface area contributed by atoms with Gasteiger partial charge in [0, 0.05) is 25.1 Å². The third kappa shape index (κ3) is 3.45. The van der Waals surface area contributed by atoms with E-state index in [-0.39, 0.29) is 11.2 Å². The number of aromatic nitrogens is 2. The molecule has 1 aliphatic heterocycles. The predicted molar refractivity (Wildman–Crippen MR) is 99.4 cm³/mol. The summed E-state index contributed by atoms with van der Waals surface area (Å²) < 4.78 is 19.4. The average molecular weight is 351 g/mol. The second kappa shape index (κ2) is 7.09. The molecule has 1 aliphatic rings. The van der Waals surface area contributed by atoms with E-state index in [1.54, 1.807) is 12.1 Å². The molecular formula is C21H22FN3O. The number of rotatable bonds is 5. The number of likely N-dealkylation sites (N-methyl/N-ethyl adjacent to an activating group) is 1. The van der Waals surface area contributed by atoms with Crippen molar-refractivity contribution in [1.29, 1.82) is 0 Å². The van der Waals surface area contributed by atoms with Crippen LogP contribution in [0.4, 0.5) is 4.39 Å². The number of nitrogens with zero attached hydrogens (tertiary/aromatic N) is 3. The van der Waals surface area contributed by atoms with Gasteiger partial charge in [0.15, 0.2) is 0 Å². The fraction of sp³-hybridized carbons (Fsp3) is 0.333. The summed E-state index contributed by atoms with van der Waals surface area (Å²) in [6.07, 6.45) is 2.73. The van der Waals surface area contributed by atoms with Gasteiger partial charge in [-0.05, 0) is 43.3 Å². The third-order valence-corrected chi connectivity index (χ3v) is 5.04. The van der Waals surface area contributed by atoms with Gasteiger partial charge in [-0.2, -0.15) is 0 Å². The zero-order chi connectivity index (χ0) is 18.0. The monoisotopic (exact) mass is 351 g/mol. The predicted octanol–water partition coefficient (Wildman–Crippen LogP) is 3.56. The maximum absolute atomic E-state index is 13.8. The van der Waals surface area contributed by atoms with E-state index >= 15 is 0 Å². The van der Waals surface area contributed by atoms with Gasteiger partial charge in [0.25, 0.3) is 0 Å². The first-order chi connectivity index (χ1) is 12.6. The van der Waals surface area contributed by atoms with Gasteiger partial charge in [-0.25, -0.2) is 9.37 Å². The van der Waals surface area contributed by atoms with Crippen LogP contribution >= 0.6 is 0 Å². The Hall–Kier alpha value is -2.37. The number of halogens is 1. The van der Waals surface area contributed by atoms with Gasteiger partial charge in [-0.3, -0.25) is 9.88 Å². The highest BCUT2D eigenvalue weighted by Crippen LogP contribution is 2.34. The highest BCUT2D eigenvalue weighted by Gasteiger charge is 2.38. The van der Waals surface area contributed by atoms with Gasteiger partial charge in [-0.15, -0.1) is 0 Å². The van der Waals surface area contributed by atoms with Crippen LogP contribution in [0.15, 0.2) is 54.7 Å². The van der Waals surface area contributed by atoms with Crippen molar-refractivity contribution in [3.05, 3.63) is 71.8 Å². The SMILES string of the molecule is CN(Cc1cnc2ccccc2n1)CC1(c2cccc(F)c2)CCOC1. The summed E-state index contributed by atoms with van der Waals surface area (Å²) in [5, 5.41) is 0. The highest BCUT2D eigenvalue weighted by molar-refractivity contribution is 5.73. The first-order valence-corrected chi connectivity index (χ1v) is 8.88. The molecule has 1 unspecified atom stereocenters. The number of benzene rings is 2. The molecule has 0 aliphatic carbocycles. The van der Waals surface area contributed by atoms with Crippen LogP contribution in [0.25, 0.3) is 11.0 Å². The second-order valence-electron chi connectivity index (χ2n) is 7.12. The van der Waals surface area contributed by atoms with Crippen LogP contribution in [0.2, 0.25) is 0 Å². The Kier molecular flexibility index (Phi) is 4.66. The standard InChI is InChI=1S/C21H22FN3O/c1-25(13-18-12-23-19-7-2-3-8-20(19)24-18)14-21(9-10-26-15-21)16-5-4-6-17(22)11-16/h2-8,11-12H,9-10,13-15H2,1H3. The fourth-order valence-electron chi connectivity index (χ4n) is 3.79. The molecule has 0 radical (unpaired) electrons. The Morgan fingerprint density at radius 3 is 2.77 bits per heavy atom. The maximum atomic E-state index is 13.8. The van der Waals surface area contributed by atoms with Crippen molar-refractivity contribution in [3.8, 4) is 0 Å². The van der Waals surface area contributed by atoms with Crippen LogP contribution in [-0.4, -0.2) is 41.7 Å². The summed E-state index contributed by atoms with van der Waals surface area (Å²) in [4.78, 5) is 11.4. The first-order valence-electron chi connectivity index (χ1n) is 8.88. The van der Waals surface area contributed by atoms with Gasteiger partial charge in [0.2, 0.25) is 0 Å². The minimum atomic E-state index is -0.197. The number of hydrogen-bond acceptors (Lipinski definition) is 4. The lowest BCUT2D eigenvalue weighted by atomic mass is 9.79. The van der Waals surface area contributed by atoms with E-state index in [9.17, 15) is 4.39 Å². The second-order valence-corrected chi connectivity index (χ2v) is 7.12. The summed E-state index contributed by atoms with van der Waals surface area (Å²) in [5.41, 5.74) is 3.56. The van der Waals surface area contributed by atoms with E-state index in [0.717, 1.165) is 35.3 Å². The van der Waals surface area contributed by atoms with Gasteiger partial charge >= 0.3 is 0 Å². The van der Waals surface area contributed by atoms with Crippen LogP contribution in [0.1, 0.15) is 17.7 Å². The third-order valence-electron chi connectivity index (χ3n) is 5.04. The zero-order valence-corrected chi connectivity index (χ0v) is 14.9. The minimum Gasteiger partial charge on any atom is -0.380 e. The molecule has 0 amide bonds. The van der Waals surface area contributed by atoms with Crippen LogP contribution in [0, 0.1) is 5.82 Å². The van der Waals surface area contributed by atoms with Crippen molar-refractivity contribution < 1.29 is 9.13 Å². The van der Waals surface area contributed by atoms with Gasteiger partial charge < -0.3 is 4.74 Å². The van der Waals surface area contributed by atoms with Gasteiger partial charge in [0.05, 0.1) is 29.5 Å². The van der Waals surface area contributed by atoms with E-state index in [1.807, 2.05) is 36.5 Å². The summed E-state index contributed by atoms with van der Waals surface area (Å²) in [5.74, 6) is -0.197. The Labute approximate surface area is 152 Å². The van der Waals surface area contributed by atoms with Crippen molar-refractivity contribution in [1.82, 2.24) is 14.9 Å². The van der Waals surface area contributed by atoms with Crippen LogP contribution in [-0.2, 0) is 16.7 Å². The number of para-hydroxylation sites is 2. The largest absolute Gasteiger partial charge is 0.380 e. The molecule has 1 saturated heterocycles. The minimum absolute atomic E-state index is 0.179. The van der Waals surface area contributed by atoms with Crippen LogP contribution in [0.3, 0.4) is 0 Å². The molecule has 2 aromatic carbocycles. The molecule has 1 atom stereocenters. The quantitative estimate of drug-likeness (QED) is 0.704. The number of ether oxygens (including phenoxy) is 1. The lowest BCUT2D eigenvalue weighted by molar-refractivity contribution is 0.157. The van der Waals surface area contributed by atoms with E-state index in [4.69, 9.17) is 9.72 Å². The lowest BCUT2D eigenvalue weighted by Crippen LogP contribution is -2.39. The van der Waals surface area contributed by atoms with E-state index in [1.165, 1.54) is 6.07 Å². The molecule has 0 spiro atoms. The summed E-state index contributed by atoms with van der Waals surface area (Å²) >= 11 is 0. The lowest BCUT2D eigenvalue weighted by Gasteiger charge is -2.32. The normalized spacial score (nSPS) is 20.1. The van der Waals surface area contributed by atoms with Crippen LogP contribution in [0.5, 0.6) is 0 Å². The van der Waals surface area contributed by atoms with Gasteiger partial charge in [-0.1, -0.05) is 24.3 Å². The van der Waals surface area contributed by atoms with E-state index < -0.39 is 0 Å². The summed E-state index contributed by atoms with van der Waals surface area (Å²) in [7, 11) is 2.07. The Balaban J connectivity index is 1.54. The molecule has 0 N–H and O–H groups in total. The maximum Gasteiger partial charge on any atom is 0.123 e. The topological polar surface area (TPSA) is 38.2 Å². The summed E-state index contributed by atoms with van der Waals surface area (Å²) in [6, 6.07) is 14.8. The van der Waals surface area contributed by atoms with Crippen molar-refractivity contribution in [2.24, 2.45) is 0 Å². The smallest absolute Gasteiger partial charge is 0.123 e. The van der Waals surface area contributed by atoms with Crippen molar-refractivity contribution >= 4 is 11.0 Å². The zero-order valence-electron chi connectivity index (χ0n) is 14.9. The molecule has 0 bridgehead atoms. The molecule has 5 heteroatoms. The average Bonchev–Trinajstić information content (AvgIpc) is 3.11. The molecule has 3 aromatic rings. The van der Waals surface area contributed by atoms with E-state index in [2.05, 4.69) is 16.9 Å². The first kappa shape index (κ1) is 17.1. The van der Waals surface area contributed by atoms with E-state index in [0.29, 0.717) is 19.8 Å². The van der Waals surface area contributed by atoms with Crippen molar-refractivity contribution in [3.63, 3.8) is 0 Å². The molecular weight excluding hydrogens is 329 g/mol. The number of fused-ring (bicyclic) bond motifs is 1. The van der Waals surface area contributed by atoms with Crippen molar-refractivity contribution in [2.45, 2.75) is 18.4 Å².